The summed E-state index contributed by atoms with van der Waals surface area (Å²) < 4.78 is 5.26. The molecule has 1 heterocycles. The standard InChI is InChI=1S/C17H24N2O3/c1-11(20)14(19-16(21)22-17(2,3)4)10-13-7-5-6-12-8-9-18-15(12)13/h5-9,11,14,18,20H,10H2,1-4H3,(H,19,21)/t11-,14-/m0/s1. The smallest absolute Gasteiger partial charge is 0.407 e. The fourth-order valence-corrected chi connectivity index (χ4v) is 2.36. The second kappa shape index (κ2) is 6.40. The molecule has 2 aromatic rings. The lowest BCUT2D eigenvalue weighted by Crippen LogP contribution is -2.45. The largest absolute Gasteiger partial charge is 0.444 e. The first kappa shape index (κ1) is 16.4. The Labute approximate surface area is 130 Å². The van der Waals surface area contributed by atoms with E-state index in [0.29, 0.717) is 6.42 Å². The highest BCUT2D eigenvalue weighted by Crippen LogP contribution is 2.19. The summed E-state index contributed by atoms with van der Waals surface area (Å²) in [5.41, 5.74) is 1.51. The van der Waals surface area contributed by atoms with E-state index in [1.807, 2.05) is 51.2 Å². The number of carbonyl (C=O) groups is 1. The highest BCUT2D eigenvalue weighted by molar-refractivity contribution is 5.82. The number of hydrogen-bond acceptors (Lipinski definition) is 3. The minimum Gasteiger partial charge on any atom is -0.444 e. The first-order chi connectivity index (χ1) is 10.3. The van der Waals surface area contributed by atoms with Crippen LogP contribution >= 0.6 is 0 Å². The van der Waals surface area contributed by atoms with E-state index in [1.165, 1.54) is 0 Å². The number of aliphatic hydroxyl groups excluding tert-OH is 1. The van der Waals surface area contributed by atoms with Crippen LogP contribution in [-0.4, -0.2) is 33.9 Å². The van der Waals surface area contributed by atoms with Gasteiger partial charge in [-0.05, 0) is 51.1 Å². The molecular formula is C17H24N2O3. The van der Waals surface area contributed by atoms with E-state index in [0.717, 1.165) is 16.5 Å². The number of carbonyl (C=O) groups excluding carboxylic acids is 1. The normalized spacial score (nSPS) is 14.6. The third kappa shape index (κ3) is 4.24. The minimum absolute atomic E-state index is 0.413. The summed E-state index contributed by atoms with van der Waals surface area (Å²) in [6.45, 7) is 7.09. The summed E-state index contributed by atoms with van der Waals surface area (Å²) in [6, 6.07) is 7.57. The summed E-state index contributed by atoms with van der Waals surface area (Å²) in [6.07, 6.45) is 1.21. The van der Waals surface area contributed by atoms with Gasteiger partial charge in [0, 0.05) is 11.7 Å². The number of para-hydroxylation sites is 1. The number of aromatic amines is 1. The van der Waals surface area contributed by atoms with E-state index < -0.39 is 23.8 Å². The van der Waals surface area contributed by atoms with Gasteiger partial charge in [0.05, 0.1) is 12.1 Å². The Morgan fingerprint density at radius 3 is 2.73 bits per heavy atom. The van der Waals surface area contributed by atoms with Gasteiger partial charge >= 0.3 is 6.09 Å². The fraction of sp³-hybridized carbons (Fsp3) is 0.471. The molecule has 5 nitrogen and oxygen atoms in total. The molecule has 3 N–H and O–H groups in total. The molecule has 0 spiro atoms. The molecule has 22 heavy (non-hydrogen) atoms. The van der Waals surface area contributed by atoms with Crippen molar-refractivity contribution in [2.75, 3.05) is 0 Å². The molecule has 2 rings (SSSR count). The molecule has 0 saturated heterocycles. The van der Waals surface area contributed by atoms with Crippen LogP contribution < -0.4 is 5.32 Å². The van der Waals surface area contributed by atoms with Gasteiger partial charge in [-0.15, -0.1) is 0 Å². The molecule has 1 aromatic heterocycles. The Kier molecular flexibility index (Phi) is 4.76. The van der Waals surface area contributed by atoms with Crippen LogP contribution in [0.25, 0.3) is 10.9 Å². The molecule has 1 aromatic carbocycles. The number of ether oxygens (including phenoxy) is 1. The van der Waals surface area contributed by atoms with Gasteiger partial charge in [0.1, 0.15) is 5.60 Å². The average molecular weight is 304 g/mol. The molecule has 0 fully saturated rings. The van der Waals surface area contributed by atoms with Gasteiger partial charge in [0.15, 0.2) is 0 Å². The van der Waals surface area contributed by atoms with Crippen molar-refractivity contribution >= 4 is 17.0 Å². The first-order valence-electron chi connectivity index (χ1n) is 7.49. The Morgan fingerprint density at radius 1 is 1.36 bits per heavy atom. The van der Waals surface area contributed by atoms with Crippen LogP contribution in [0.1, 0.15) is 33.3 Å². The molecular weight excluding hydrogens is 280 g/mol. The average Bonchev–Trinajstić information content (AvgIpc) is 2.84. The van der Waals surface area contributed by atoms with Gasteiger partial charge in [-0.2, -0.15) is 0 Å². The van der Waals surface area contributed by atoms with Crippen molar-refractivity contribution < 1.29 is 14.6 Å². The number of aliphatic hydroxyl groups is 1. The van der Waals surface area contributed by atoms with E-state index in [-0.39, 0.29) is 0 Å². The number of amides is 1. The molecule has 5 heteroatoms. The predicted octanol–water partition coefficient (Wildman–Crippen LogP) is 2.98. The SMILES string of the molecule is C[C@H](O)[C@H](Cc1cccc2cc[nH]c12)NC(=O)OC(C)(C)C. The van der Waals surface area contributed by atoms with Crippen molar-refractivity contribution in [3.63, 3.8) is 0 Å². The monoisotopic (exact) mass is 304 g/mol. The van der Waals surface area contributed by atoms with E-state index in [2.05, 4.69) is 10.3 Å². The van der Waals surface area contributed by atoms with Gasteiger partial charge in [-0.25, -0.2) is 4.79 Å². The van der Waals surface area contributed by atoms with Crippen LogP contribution in [0.4, 0.5) is 4.79 Å². The number of H-pyrrole nitrogens is 1. The quantitative estimate of drug-likeness (QED) is 0.813. The number of alkyl carbamates (subject to hydrolysis) is 1. The van der Waals surface area contributed by atoms with E-state index in [1.54, 1.807) is 6.92 Å². The van der Waals surface area contributed by atoms with Gasteiger partial charge in [0.2, 0.25) is 0 Å². The molecule has 2 atom stereocenters. The number of aromatic nitrogens is 1. The Balaban J connectivity index is 2.12. The number of rotatable bonds is 4. The van der Waals surface area contributed by atoms with Crippen LogP contribution in [0, 0.1) is 0 Å². The van der Waals surface area contributed by atoms with Crippen molar-refractivity contribution in [2.45, 2.75) is 51.9 Å². The van der Waals surface area contributed by atoms with Gasteiger partial charge in [-0.3, -0.25) is 0 Å². The zero-order chi connectivity index (χ0) is 16.3. The molecule has 0 unspecified atom stereocenters. The number of hydrogen-bond donors (Lipinski definition) is 3. The Hall–Kier alpha value is -2.01. The summed E-state index contributed by atoms with van der Waals surface area (Å²) in [4.78, 5) is 15.1. The highest BCUT2D eigenvalue weighted by Gasteiger charge is 2.23. The summed E-state index contributed by atoms with van der Waals surface area (Å²) in [5.74, 6) is 0. The minimum atomic E-state index is -0.683. The molecule has 0 saturated carbocycles. The highest BCUT2D eigenvalue weighted by atomic mass is 16.6. The Morgan fingerprint density at radius 2 is 2.09 bits per heavy atom. The fourth-order valence-electron chi connectivity index (χ4n) is 2.36. The summed E-state index contributed by atoms with van der Waals surface area (Å²) >= 11 is 0. The molecule has 0 aliphatic heterocycles. The third-order valence-corrected chi connectivity index (χ3v) is 3.40. The third-order valence-electron chi connectivity index (χ3n) is 3.40. The maximum absolute atomic E-state index is 11.9. The van der Waals surface area contributed by atoms with Crippen molar-refractivity contribution in [3.8, 4) is 0 Å². The second-order valence-corrected chi connectivity index (χ2v) is 6.56. The number of fused-ring (bicyclic) bond motifs is 1. The summed E-state index contributed by atoms with van der Waals surface area (Å²) in [7, 11) is 0. The van der Waals surface area contributed by atoms with Crippen LogP contribution in [-0.2, 0) is 11.2 Å². The van der Waals surface area contributed by atoms with E-state index in [4.69, 9.17) is 4.74 Å². The Bertz CT molecular complexity index is 641. The van der Waals surface area contributed by atoms with Crippen molar-refractivity contribution in [1.82, 2.24) is 10.3 Å². The van der Waals surface area contributed by atoms with Crippen molar-refractivity contribution in [3.05, 3.63) is 36.0 Å². The van der Waals surface area contributed by atoms with Crippen LogP contribution in [0.2, 0.25) is 0 Å². The van der Waals surface area contributed by atoms with E-state index >= 15 is 0 Å². The van der Waals surface area contributed by atoms with Crippen LogP contribution in [0.3, 0.4) is 0 Å². The molecule has 0 bridgehead atoms. The van der Waals surface area contributed by atoms with Gasteiger partial charge in [-0.1, -0.05) is 18.2 Å². The second-order valence-electron chi connectivity index (χ2n) is 6.56. The lowest BCUT2D eigenvalue weighted by Gasteiger charge is -2.25. The lowest BCUT2D eigenvalue weighted by atomic mass is 10.0. The van der Waals surface area contributed by atoms with Gasteiger partial charge < -0.3 is 20.1 Å². The van der Waals surface area contributed by atoms with Crippen LogP contribution in [0.15, 0.2) is 30.5 Å². The molecule has 0 aliphatic carbocycles. The summed E-state index contributed by atoms with van der Waals surface area (Å²) in [5, 5.41) is 13.8. The molecule has 0 radical (unpaired) electrons. The van der Waals surface area contributed by atoms with Crippen LogP contribution in [0.5, 0.6) is 0 Å². The van der Waals surface area contributed by atoms with Crippen molar-refractivity contribution in [2.24, 2.45) is 0 Å². The molecule has 1 amide bonds. The molecule has 0 aliphatic rings. The lowest BCUT2D eigenvalue weighted by molar-refractivity contribution is 0.0438. The van der Waals surface area contributed by atoms with Crippen molar-refractivity contribution in [1.29, 1.82) is 0 Å². The topological polar surface area (TPSA) is 74.4 Å². The first-order valence-corrected chi connectivity index (χ1v) is 7.49. The zero-order valence-electron chi connectivity index (χ0n) is 13.5. The predicted molar refractivity (Wildman–Crippen MR) is 86.8 cm³/mol. The zero-order valence-corrected chi connectivity index (χ0v) is 13.5. The number of nitrogens with one attached hydrogen (secondary N) is 2. The molecule has 120 valence electrons. The van der Waals surface area contributed by atoms with Gasteiger partial charge in [0.25, 0.3) is 0 Å². The number of benzene rings is 1. The maximum atomic E-state index is 11.9. The maximum Gasteiger partial charge on any atom is 0.407 e. The van der Waals surface area contributed by atoms with E-state index in [9.17, 15) is 9.90 Å².